The van der Waals surface area contributed by atoms with Crippen LogP contribution in [0.4, 0.5) is 18.9 Å². The molecule has 0 amide bonds. The number of hydrogen-bond acceptors (Lipinski definition) is 5. The highest BCUT2D eigenvalue weighted by Crippen LogP contribution is 2.37. The monoisotopic (exact) mass is 394 g/mol. The minimum atomic E-state index is -4.87. The standard InChI is InChI=1S/C14H13F3N2O4S2/c1-8-3-2-4-12(13(8)25(19,22)23)24(20,21)9-5-6-11(18)10(7-9)14(15,16)17/h2-7H,18H2,1H3,(H2,19,22,23). The molecule has 0 aliphatic carbocycles. The van der Waals surface area contributed by atoms with E-state index in [4.69, 9.17) is 10.9 Å². The fourth-order valence-electron chi connectivity index (χ4n) is 2.28. The number of nitrogen functional groups attached to an aromatic ring is 1. The molecule has 0 heterocycles. The van der Waals surface area contributed by atoms with Crippen LogP contribution in [0.15, 0.2) is 51.1 Å². The number of nitrogens with two attached hydrogens (primary N) is 2. The number of halogens is 3. The highest BCUT2D eigenvalue weighted by Gasteiger charge is 2.35. The van der Waals surface area contributed by atoms with Gasteiger partial charge in [-0.15, -0.1) is 0 Å². The van der Waals surface area contributed by atoms with Gasteiger partial charge in [-0.3, -0.25) is 0 Å². The van der Waals surface area contributed by atoms with E-state index in [2.05, 4.69) is 0 Å². The lowest BCUT2D eigenvalue weighted by atomic mass is 10.2. The van der Waals surface area contributed by atoms with Gasteiger partial charge >= 0.3 is 6.18 Å². The van der Waals surface area contributed by atoms with Crippen molar-refractivity contribution in [1.29, 1.82) is 0 Å². The highest BCUT2D eigenvalue weighted by atomic mass is 32.2. The SMILES string of the molecule is Cc1cccc(S(=O)(=O)c2ccc(N)c(C(F)(F)F)c2)c1S(N)(=O)=O. The summed E-state index contributed by atoms with van der Waals surface area (Å²) in [7, 11) is -9.02. The Labute approximate surface area is 142 Å². The summed E-state index contributed by atoms with van der Waals surface area (Å²) < 4.78 is 87.8. The Kier molecular flexibility index (Phi) is 4.61. The zero-order valence-electron chi connectivity index (χ0n) is 12.7. The number of rotatable bonds is 3. The van der Waals surface area contributed by atoms with Gasteiger partial charge in [-0.25, -0.2) is 22.0 Å². The molecule has 0 bridgehead atoms. The van der Waals surface area contributed by atoms with Crippen molar-refractivity contribution in [3.8, 4) is 0 Å². The number of primary sulfonamides is 1. The summed E-state index contributed by atoms with van der Waals surface area (Å²) in [5, 5.41) is 5.06. The molecule has 0 saturated carbocycles. The summed E-state index contributed by atoms with van der Waals surface area (Å²) in [5.74, 6) is 0. The molecule has 11 heteroatoms. The van der Waals surface area contributed by atoms with Crippen molar-refractivity contribution >= 4 is 25.5 Å². The fourth-order valence-corrected chi connectivity index (χ4v) is 5.26. The molecule has 0 fully saturated rings. The molecule has 6 nitrogen and oxygen atoms in total. The fraction of sp³-hybridized carbons (Fsp3) is 0.143. The normalized spacial score (nSPS) is 13.0. The molecule has 0 aromatic heterocycles. The molecular formula is C14H13F3N2O4S2. The van der Waals surface area contributed by atoms with E-state index in [1.165, 1.54) is 19.1 Å². The second kappa shape index (κ2) is 6.00. The van der Waals surface area contributed by atoms with Crippen molar-refractivity contribution in [2.24, 2.45) is 5.14 Å². The van der Waals surface area contributed by atoms with Crippen LogP contribution in [0.25, 0.3) is 0 Å². The molecule has 2 aromatic carbocycles. The van der Waals surface area contributed by atoms with Crippen LogP contribution in [0.5, 0.6) is 0 Å². The number of benzene rings is 2. The zero-order valence-corrected chi connectivity index (χ0v) is 14.3. The van der Waals surface area contributed by atoms with Crippen molar-refractivity contribution in [2.45, 2.75) is 27.8 Å². The molecule has 2 rings (SSSR count). The minimum Gasteiger partial charge on any atom is -0.398 e. The van der Waals surface area contributed by atoms with Crippen LogP contribution >= 0.6 is 0 Å². The predicted molar refractivity (Wildman–Crippen MR) is 83.9 cm³/mol. The first-order valence-electron chi connectivity index (χ1n) is 6.60. The summed E-state index contributed by atoms with van der Waals surface area (Å²) in [4.78, 5) is -2.11. The Morgan fingerprint density at radius 2 is 1.60 bits per heavy atom. The summed E-state index contributed by atoms with van der Waals surface area (Å²) in [6, 6.07) is 5.57. The van der Waals surface area contributed by atoms with E-state index in [1.54, 1.807) is 0 Å². The molecule has 0 radical (unpaired) electrons. The second-order valence-corrected chi connectivity index (χ2v) is 8.61. The number of sulfone groups is 1. The van der Waals surface area contributed by atoms with Crippen molar-refractivity contribution in [3.05, 3.63) is 47.5 Å². The Bertz CT molecular complexity index is 1050. The predicted octanol–water partition coefficient (Wildman–Crippen LogP) is 2.08. The number of anilines is 1. The molecule has 25 heavy (non-hydrogen) atoms. The van der Waals surface area contributed by atoms with E-state index in [0.717, 1.165) is 18.2 Å². The molecule has 2 aromatic rings. The first-order valence-corrected chi connectivity index (χ1v) is 9.63. The number of aryl methyl sites for hydroxylation is 1. The van der Waals surface area contributed by atoms with Crippen molar-refractivity contribution in [3.63, 3.8) is 0 Å². The first kappa shape index (κ1) is 19.2. The maximum atomic E-state index is 13.0. The Morgan fingerprint density at radius 1 is 1.00 bits per heavy atom. The quantitative estimate of drug-likeness (QED) is 0.772. The average Bonchev–Trinajstić information content (AvgIpc) is 2.44. The number of alkyl halides is 3. The van der Waals surface area contributed by atoms with E-state index >= 15 is 0 Å². The van der Waals surface area contributed by atoms with Gasteiger partial charge in [0.25, 0.3) is 0 Å². The summed E-state index contributed by atoms with van der Waals surface area (Å²) >= 11 is 0. The third kappa shape index (κ3) is 3.62. The molecular weight excluding hydrogens is 381 g/mol. The van der Waals surface area contributed by atoms with Gasteiger partial charge in [-0.1, -0.05) is 12.1 Å². The summed E-state index contributed by atoms with van der Waals surface area (Å²) in [5.41, 5.74) is 3.32. The van der Waals surface area contributed by atoms with Crippen molar-refractivity contribution < 1.29 is 30.0 Å². The van der Waals surface area contributed by atoms with E-state index < -0.39 is 52.0 Å². The molecule has 4 N–H and O–H groups in total. The summed E-state index contributed by atoms with van der Waals surface area (Å²) in [6.07, 6.45) is -4.87. The lowest BCUT2D eigenvalue weighted by Crippen LogP contribution is -2.19. The van der Waals surface area contributed by atoms with E-state index in [-0.39, 0.29) is 5.56 Å². The van der Waals surface area contributed by atoms with Crippen LogP contribution in [0.1, 0.15) is 11.1 Å². The first-order chi connectivity index (χ1) is 11.3. The topological polar surface area (TPSA) is 120 Å². The van der Waals surface area contributed by atoms with Crippen LogP contribution in [0, 0.1) is 6.92 Å². The minimum absolute atomic E-state index is 0.0510. The van der Waals surface area contributed by atoms with Gasteiger partial charge in [0, 0.05) is 5.69 Å². The lowest BCUT2D eigenvalue weighted by Gasteiger charge is -2.14. The van der Waals surface area contributed by atoms with Gasteiger partial charge < -0.3 is 5.73 Å². The van der Waals surface area contributed by atoms with Gasteiger partial charge in [0.2, 0.25) is 19.9 Å². The Hall–Kier alpha value is -2.11. The Balaban J connectivity index is 2.81. The van der Waals surface area contributed by atoms with E-state index in [1.807, 2.05) is 0 Å². The van der Waals surface area contributed by atoms with E-state index in [9.17, 15) is 30.0 Å². The van der Waals surface area contributed by atoms with Gasteiger partial charge in [0.15, 0.2) is 0 Å². The third-order valence-electron chi connectivity index (χ3n) is 3.39. The number of hydrogen-bond donors (Lipinski definition) is 2. The molecule has 0 aliphatic heterocycles. The van der Waals surface area contributed by atoms with Crippen LogP contribution in [-0.4, -0.2) is 16.8 Å². The van der Waals surface area contributed by atoms with Gasteiger partial charge in [-0.05, 0) is 36.8 Å². The summed E-state index contributed by atoms with van der Waals surface area (Å²) in [6.45, 7) is 1.32. The van der Waals surface area contributed by atoms with E-state index in [0.29, 0.717) is 6.07 Å². The largest absolute Gasteiger partial charge is 0.418 e. The molecule has 0 aliphatic rings. The average molecular weight is 394 g/mol. The van der Waals surface area contributed by atoms with Crippen LogP contribution in [0.2, 0.25) is 0 Å². The molecule has 0 saturated heterocycles. The van der Waals surface area contributed by atoms with Crippen LogP contribution < -0.4 is 10.9 Å². The smallest absolute Gasteiger partial charge is 0.398 e. The van der Waals surface area contributed by atoms with Gasteiger partial charge in [0.1, 0.15) is 4.90 Å². The van der Waals surface area contributed by atoms with Crippen molar-refractivity contribution in [1.82, 2.24) is 0 Å². The Morgan fingerprint density at radius 3 is 2.12 bits per heavy atom. The maximum Gasteiger partial charge on any atom is 0.418 e. The second-order valence-electron chi connectivity index (χ2n) is 5.20. The van der Waals surface area contributed by atoms with Crippen LogP contribution in [-0.2, 0) is 26.0 Å². The molecule has 0 unspecified atom stereocenters. The molecule has 136 valence electrons. The maximum absolute atomic E-state index is 13.0. The molecule has 0 spiro atoms. The van der Waals surface area contributed by atoms with Crippen molar-refractivity contribution in [2.75, 3.05) is 5.73 Å². The number of sulfonamides is 1. The van der Waals surface area contributed by atoms with Gasteiger partial charge in [0.05, 0.1) is 15.4 Å². The van der Waals surface area contributed by atoms with Crippen LogP contribution in [0.3, 0.4) is 0 Å². The lowest BCUT2D eigenvalue weighted by molar-refractivity contribution is -0.137. The third-order valence-corrected chi connectivity index (χ3v) is 6.42. The highest BCUT2D eigenvalue weighted by molar-refractivity contribution is 7.93. The van der Waals surface area contributed by atoms with Gasteiger partial charge in [-0.2, -0.15) is 13.2 Å². The zero-order chi connectivity index (χ0) is 19.2. The molecule has 0 atom stereocenters.